The zero-order chi connectivity index (χ0) is 18.4. The van der Waals surface area contributed by atoms with Gasteiger partial charge in [0.2, 0.25) is 5.91 Å². The first-order valence-corrected chi connectivity index (χ1v) is 9.41. The molecule has 0 N–H and O–H groups in total. The summed E-state index contributed by atoms with van der Waals surface area (Å²) in [6, 6.07) is 9.55. The molecule has 0 unspecified atom stereocenters. The molecule has 0 aliphatic carbocycles. The Kier molecular flexibility index (Phi) is 4.03. The second-order valence-electron chi connectivity index (χ2n) is 6.51. The molecule has 0 atom stereocenters. The SMILES string of the molecule is CC(=O)N1CCCN(C(=O)c2cc3c(C)nn(C)c3s2)c2ccccc21. The highest BCUT2D eigenvalue weighted by Gasteiger charge is 2.28. The quantitative estimate of drug-likeness (QED) is 0.662. The Bertz CT molecular complexity index is 985. The van der Waals surface area contributed by atoms with Gasteiger partial charge in [0.15, 0.2) is 0 Å². The summed E-state index contributed by atoms with van der Waals surface area (Å²) in [7, 11) is 1.89. The van der Waals surface area contributed by atoms with Crippen molar-refractivity contribution in [2.24, 2.45) is 7.05 Å². The number of fused-ring (bicyclic) bond motifs is 2. The molecule has 0 radical (unpaired) electrons. The molecule has 2 amide bonds. The van der Waals surface area contributed by atoms with Crippen molar-refractivity contribution < 1.29 is 9.59 Å². The third-order valence-electron chi connectivity index (χ3n) is 4.76. The second-order valence-corrected chi connectivity index (χ2v) is 7.54. The van der Waals surface area contributed by atoms with Crippen LogP contribution in [0, 0.1) is 6.92 Å². The molecule has 1 aliphatic heterocycles. The first kappa shape index (κ1) is 16.8. The van der Waals surface area contributed by atoms with Crippen molar-refractivity contribution in [1.82, 2.24) is 9.78 Å². The number of benzene rings is 1. The topological polar surface area (TPSA) is 58.4 Å². The molecule has 0 fully saturated rings. The van der Waals surface area contributed by atoms with Gasteiger partial charge in [-0.05, 0) is 31.5 Å². The largest absolute Gasteiger partial charge is 0.311 e. The number of anilines is 2. The molecular weight excluding hydrogens is 348 g/mol. The van der Waals surface area contributed by atoms with Gasteiger partial charge < -0.3 is 9.80 Å². The molecule has 0 spiro atoms. The number of carbonyl (C=O) groups is 2. The summed E-state index contributed by atoms with van der Waals surface area (Å²) in [5.41, 5.74) is 2.51. The Labute approximate surface area is 155 Å². The summed E-state index contributed by atoms with van der Waals surface area (Å²) in [4.78, 5) is 30.6. The van der Waals surface area contributed by atoms with Crippen LogP contribution in [0.25, 0.3) is 10.2 Å². The molecule has 134 valence electrons. The lowest BCUT2D eigenvalue weighted by atomic mass is 10.2. The molecule has 7 heteroatoms. The zero-order valence-corrected chi connectivity index (χ0v) is 15.8. The first-order chi connectivity index (χ1) is 12.5. The number of nitrogens with zero attached hydrogens (tertiary/aromatic N) is 4. The summed E-state index contributed by atoms with van der Waals surface area (Å²) in [6.45, 7) is 4.72. The molecule has 26 heavy (non-hydrogen) atoms. The number of aromatic nitrogens is 2. The monoisotopic (exact) mass is 368 g/mol. The molecule has 6 nitrogen and oxygen atoms in total. The highest BCUT2D eigenvalue weighted by molar-refractivity contribution is 7.20. The summed E-state index contributed by atoms with van der Waals surface area (Å²) < 4.78 is 1.82. The molecule has 4 rings (SSSR count). The molecular formula is C19H20N4O2S. The normalized spacial score (nSPS) is 14.4. The first-order valence-electron chi connectivity index (χ1n) is 8.59. The lowest BCUT2D eigenvalue weighted by Gasteiger charge is -2.24. The molecule has 3 heterocycles. The van der Waals surface area contributed by atoms with Crippen molar-refractivity contribution in [3.63, 3.8) is 0 Å². The van der Waals surface area contributed by atoms with E-state index in [1.165, 1.54) is 11.3 Å². The molecule has 2 aromatic heterocycles. The lowest BCUT2D eigenvalue weighted by molar-refractivity contribution is -0.116. The van der Waals surface area contributed by atoms with E-state index < -0.39 is 0 Å². The van der Waals surface area contributed by atoms with E-state index in [0.29, 0.717) is 18.0 Å². The van der Waals surface area contributed by atoms with Gasteiger partial charge in [-0.25, -0.2) is 0 Å². The van der Waals surface area contributed by atoms with Crippen LogP contribution in [0.2, 0.25) is 0 Å². The summed E-state index contributed by atoms with van der Waals surface area (Å²) in [5.74, 6) is -0.0289. The fourth-order valence-corrected chi connectivity index (χ4v) is 4.60. The van der Waals surface area contributed by atoms with Gasteiger partial charge in [-0.3, -0.25) is 14.3 Å². The average Bonchev–Trinajstić information content (AvgIpc) is 3.09. The Morgan fingerprint density at radius 3 is 2.42 bits per heavy atom. The summed E-state index contributed by atoms with van der Waals surface area (Å²) in [6.07, 6.45) is 0.742. The molecule has 1 aliphatic rings. The van der Waals surface area contributed by atoms with Gasteiger partial charge in [-0.2, -0.15) is 5.10 Å². The Morgan fingerprint density at radius 2 is 1.77 bits per heavy atom. The van der Waals surface area contributed by atoms with Gasteiger partial charge in [0.25, 0.3) is 5.91 Å². The molecule has 0 saturated carbocycles. The number of aryl methyl sites for hydroxylation is 2. The fraction of sp³-hybridized carbons (Fsp3) is 0.316. The zero-order valence-electron chi connectivity index (χ0n) is 15.0. The van der Waals surface area contributed by atoms with Crippen molar-refractivity contribution >= 4 is 44.7 Å². The van der Waals surface area contributed by atoms with E-state index in [4.69, 9.17) is 0 Å². The number of thiophene rings is 1. The smallest absolute Gasteiger partial charge is 0.268 e. The van der Waals surface area contributed by atoms with Gasteiger partial charge in [-0.15, -0.1) is 11.3 Å². The van der Waals surface area contributed by atoms with E-state index in [9.17, 15) is 9.59 Å². The van der Waals surface area contributed by atoms with Crippen LogP contribution in [0.15, 0.2) is 30.3 Å². The third-order valence-corrected chi connectivity index (χ3v) is 5.95. The molecule has 0 bridgehead atoms. The average molecular weight is 368 g/mol. The van der Waals surface area contributed by atoms with Crippen LogP contribution < -0.4 is 9.80 Å². The molecule has 0 saturated heterocycles. The van der Waals surface area contributed by atoms with Gasteiger partial charge in [-0.1, -0.05) is 12.1 Å². The van der Waals surface area contributed by atoms with Gasteiger partial charge in [0.05, 0.1) is 21.9 Å². The van der Waals surface area contributed by atoms with Crippen molar-refractivity contribution in [3.8, 4) is 0 Å². The van der Waals surface area contributed by atoms with E-state index in [-0.39, 0.29) is 11.8 Å². The van der Waals surface area contributed by atoms with Crippen LogP contribution in [0.4, 0.5) is 11.4 Å². The Morgan fingerprint density at radius 1 is 1.12 bits per heavy atom. The van der Waals surface area contributed by atoms with Crippen molar-refractivity contribution in [3.05, 3.63) is 40.9 Å². The summed E-state index contributed by atoms with van der Waals surface area (Å²) >= 11 is 1.46. The molecule has 3 aromatic rings. The lowest BCUT2D eigenvalue weighted by Crippen LogP contribution is -2.30. The minimum absolute atomic E-state index is 0.00434. The maximum Gasteiger partial charge on any atom is 0.268 e. The third kappa shape index (κ3) is 2.59. The van der Waals surface area contributed by atoms with Gasteiger partial charge >= 0.3 is 0 Å². The Hall–Kier alpha value is -2.67. The van der Waals surface area contributed by atoms with Crippen molar-refractivity contribution in [2.75, 3.05) is 22.9 Å². The van der Waals surface area contributed by atoms with E-state index in [2.05, 4.69) is 5.10 Å². The van der Waals surface area contributed by atoms with Gasteiger partial charge in [0.1, 0.15) is 4.83 Å². The van der Waals surface area contributed by atoms with E-state index in [1.807, 2.05) is 49.0 Å². The maximum absolute atomic E-state index is 13.3. The van der Waals surface area contributed by atoms with Crippen molar-refractivity contribution in [2.45, 2.75) is 20.3 Å². The highest BCUT2D eigenvalue weighted by atomic mass is 32.1. The van der Waals surface area contributed by atoms with Gasteiger partial charge in [0, 0.05) is 32.4 Å². The highest BCUT2D eigenvalue weighted by Crippen LogP contribution is 2.35. The number of carbonyl (C=O) groups excluding carboxylic acids is 2. The van der Waals surface area contributed by atoms with Crippen molar-refractivity contribution in [1.29, 1.82) is 0 Å². The van der Waals surface area contributed by atoms with E-state index in [1.54, 1.807) is 16.7 Å². The number of para-hydroxylation sites is 2. The predicted molar refractivity (Wildman–Crippen MR) is 104 cm³/mol. The maximum atomic E-state index is 13.3. The number of rotatable bonds is 1. The van der Waals surface area contributed by atoms with E-state index >= 15 is 0 Å². The minimum Gasteiger partial charge on any atom is -0.311 e. The minimum atomic E-state index is -0.0246. The standard InChI is InChI=1S/C19H20N4O2S/c1-12-14-11-17(26-19(14)21(3)20-12)18(25)23-10-6-9-22(13(2)24)15-7-4-5-8-16(15)23/h4-5,7-8,11H,6,9-10H2,1-3H3. The van der Waals surface area contributed by atoms with Crippen LogP contribution in [0.1, 0.15) is 28.7 Å². The second kappa shape index (κ2) is 6.25. The van der Waals surface area contributed by atoms with Crippen LogP contribution in [-0.2, 0) is 11.8 Å². The van der Waals surface area contributed by atoms with Crippen LogP contribution in [0.5, 0.6) is 0 Å². The predicted octanol–water partition coefficient (Wildman–Crippen LogP) is 3.35. The number of hydrogen-bond acceptors (Lipinski definition) is 4. The van der Waals surface area contributed by atoms with Crippen LogP contribution in [0.3, 0.4) is 0 Å². The molecule has 1 aromatic carbocycles. The summed E-state index contributed by atoms with van der Waals surface area (Å²) in [5, 5.41) is 5.42. The van der Waals surface area contributed by atoms with E-state index in [0.717, 1.165) is 33.7 Å². The number of amides is 2. The number of hydrogen-bond donors (Lipinski definition) is 0. The van der Waals surface area contributed by atoms with Crippen LogP contribution in [-0.4, -0.2) is 34.7 Å². The Balaban J connectivity index is 1.77. The van der Waals surface area contributed by atoms with Crippen LogP contribution >= 0.6 is 11.3 Å². The fourth-order valence-electron chi connectivity index (χ4n) is 3.53.